The molecule has 0 aromatic heterocycles. The molecular weight excluding hydrogens is 184 g/mol. The predicted octanol–water partition coefficient (Wildman–Crippen LogP) is 2.75. The molecule has 0 radical (unpaired) electrons. The first kappa shape index (κ1) is 9.00. The lowest BCUT2D eigenvalue weighted by atomic mass is 9.89. The maximum absolute atomic E-state index is 5.71. The number of benzene rings is 1. The van der Waals surface area contributed by atoms with Crippen LogP contribution in [0.4, 0.5) is 0 Å². The fraction of sp³-hybridized carbons (Fsp3) is 0.429. The summed E-state index contributed by atoms with van der Waals surface area (Å²) in [4.78, 5) is 0. The van der Waals surface area contributed by atoms with Crippen molar-refractivity contribution < 1.29 is 4.74 Å². The standard InChI is InChI=1S/C14H14O/c1-2-6-12(7-3-1)9-11-14-10-5-4-8-13(14)15-14/h1-3,6-7,13H,4-5,8,10H2/t13?,14-/m1/s1. The normalized spacial score (nSPS) is 32.4. The first-order valence-electron chi connectivity index (χ1n) is 5.65. The van der Waals surface area contributed by atoms with E-state index >= 15 is 0 Å². The van der Waals surface area contributed by atoms with Crippen molar-refractivity contribution in [3.8, 4) is 11.8 Å². The van der Waals surface area contributed by atoms with Gasteiger partial charge in [0.2, 0.25) is 0 Å². The van der Waals surface area contributed by atoms with Gasteiger partial charge in [0.25, 0.3) is 0 Å². The molecule has 1 aromatic rings. The van der Waals surface area contributed by atoms with E-state index in [1.165, 1.54) is 19.3 Å². The third-order valence-electron chi connectivity index (χ3n) is 3.27. The fourth-order valence-electron chi connectivity index (χ4n) is 2.32. The summed E-state index contributed by atoms with van der Waals surface area (Å²) >= 11 is 0. The van der Waals surface area contributed by atoms with Crippen LogP contribution in [0.1, 0.15) is 31.2 Å². The summed E-state index contributed by atoms with van der Waals surface area (Å²) in [6.07, 6.45) is 5.32. The lowest BCUT2D eigenvalue weighted by molar-refractivity contribution is 0.336. The van der Waals surface area contributed by atoms with Crippen molar-refractivity contribution in [2.24, 2.45) is 0 Å². The van der Waals surface area contributed by atoms with Crippen LogP contribution in [0.3, 0.4) is 0 Å². The van der Waals surface area contributed by atoms with E-state index in [1.807, 2.05) is 30.3 Å². The number of ether oxygens (including phenoxy) is 1. The minimum Gasteiger partial charge on any atom is -0.352 e. The van der Waals surface area contributed by atoms with Crippen molar-refractivity contribution in [3.05, 3.63) is 35.9 Å². The predicted molar refractivity (Wildman–Crippen MR) is 59.4 cm³/mol. The van der Waals surface area contributed by atoms with Crippen LogP contribution >= 0.6 is 0 Å². The zero-order chi connectivity index (χ0) is 10.1. The van der Waals surface area contributed by atoms with Crippen LogP contribution in [-0.2, 0) is 4.74 Å². The molecule has 0 spiro atoms. The Kier molecular flexibility index (Phi) is 2.04. The van der Waals surface area contributed by atoms with E-state index < -0.39 is 0 Å². The van der Waals surface area contributed by atoms with E-state index in [-0.39, 0.29) is 5.60 Å². The highest BCUT2D eigenvalue weighted by Crippen LogP contribution is 2.47. The van der Waals surface area contributed by atoms with Crippen molar-refractivity contribution in [3.63, 3.8) is 0 Å². The number of epoxide rings is 1. The van der Waals surface area contributed by atoms with Gasteiger partial charge in [-0.05, 0) is 31.4 Å². The van der Waals surface area contributed by atoms with E-state index in [2.05, 4.69) is 11.8 Å². The van der Waals surface area contributed by atoms with E-state index in [0.717, 1.165) is 12.0 Å². The summed E-state index contributed by atoms with van der Waals surface area (Å²) in [5.41, 5.74) is 1.03. The monoisotopic (exact) mass is 198 g/mol. The van der Waals surface area contributed by atoms with Crippen molar-refractivity contribution in [1.29, 1.82) is 0 Å². The first-order chi connectivity index (χ1) is 7.39. The second kappa shape index (κ2) is 3.40. The third-order valence-corrected chi connectivity index (χ3v) is 3.27. The Bertz CT molecular complexity index is 412. The van der Waals surface area contributed by atoms with Crippen LogP contribution in [0.5, 0.6) is 0 Å². The molecule has 0 bridgehead atoms. The molecule has 1 unspecified atom stereocenters. The Morgan fingerprint density at radius 3 is 2.87 bits per heavy atom. The molecule has 1 aliphatic carbocycles. The quantitative estimate of drug-likeness (QED) is 0.461. The average molecular weight is 198 g/mol. The molecule has 76 valence electrons. The number of hydrogen-bond acceptors (Lipinski definition) is 1. The molecule has 2 aliphatic rings. The molecule has 0 amide bonds. The van der Waals surface area contributed by atoms with Crippen LogP contribution in [0, 0.1) is 11.8 Å². The van der Waals surface area contributed by atoms with E-state index in [1.54, 1.807) is 0 Å². The van der Waals surface area contributed by atoms with Gasteiger partial charge in [0.15, 0.2) is 5.60 Å². The SMILES string of the molecule is C(#C[C@]12CCCCC1O2)c1ccccc1. The van der Waals surface area contributed by atoms with Crippen molar-refractivity contribution >= 4 is 0 Å². The summed E-state index contributed by atoms with van der Waals surface area (Å²) in [6, 6.07) is 10.1. The largest absolute Gasteiger partial charge is 0.352 e. The molecule has 1 saturated heterocycles. The minimum absolute atomic E-state index is 0.0614. The maximum Gasteiger partial charge on any atom is 0.155 e. The molecule has 1 heteroatoms. The average Bonchev–Trinajstić information content (AvgIpc) is 3.03. The van der Waals surface area contributed by atoms with Crippen molar-refractivity contribution in [1.82, 2.24) is 0 Å². The number of fused-ring (bicyclic) bond motifs is 1. The first-order valence-corrected chi connectivity index (χ1v) is 5.65. The van der Waals surface area contributed by atoms with Crippen LogP contribution < -0.4 is 0 Å². The van der Waals surface area contributed by atoms with Gasteiger partial charge in [0.1, 0.15) is 0 Å². The summed E-state index contributed by atoms with van der Waals surface area (Å²) in [6.45, 7) is 0. The van der Waals surface area contributed by atoms with E-state index in [0.29, 0.717) is 6.10 Å². The second-order valence-corrected chi connectivity index (χ2v) is 4.36. The lowest BCUT2D eigenvalue weighted by Crippen LogP contribution is -2.16. The van der Waals surface area contributed by atoms with Gasteiger partial charge in [-0.25, -0.2) is 0 Å². The van der Waals surface area contributed by atoms with Gasteiger partial charge < -0.3 is 4.74 Å². The van der Waals surface area contributed by atoms with E-state index in [4.69, 9.17) is 4.74 Å². The summed E-state index contributed by atoms with van der Waals surface area (Å²) in [5.74, 6) is 6.54. The highest BCUT2D eigenvalue weighted by Gasteiger charge is 2.56. The summed E-state index contributed by atoms with van der Waals surface area (Å²) < 4.78 is 5.71. The fourth-order valence-corrected chi connectivity index (χ4v) is 2.32. The molecule has 1 nitrogen and oxygen atoms in total. The van der Waals surface area contributed by atoms with Gasteiger partial charge in [0, 0.05) is 5.56 Å². The highest BCUT2D eigenvalue weighted by atomic mass is 16.6. The Labute approximate surface area is 90.5 Å². The van der Waals surface area contributed by atoms with Crippen LogP contribution in [-0.4, -0.2) is 11.7 Å². The molecule has 1 saturated carbocycles. The Hall–Kier alpha value is -1.26. The highest BCUT2D eigenvalue weighted by molar-refractivity contribution is 5.39. The second-order valence-electron chi connectivity index (χ2n) is 4.36. The van der Waals surface area contributed by atoms with Crippen LogP contribution in [0.25, 0.3) is 0 Å². The molecule has 2 fully saturated rings. The smallest absolute Gasteiger partial charge is 0.155 e. The topological polar surface area (TPSA) is 12.5 Å². The molecule has 1 heterocycles. The molecule has 0 N–H and O–H groups in total. The summed E-state index contributed by atoms with van der Waals surface area (Å²) in [7, 11) is 0. The van der Waals surface area contributed by atoms with Gasteiger partial charge in [0.05, 0.1) is 6.10 Å². The minimum atomic E-state index is -0.0614. The Morgan fingerprint density at radius 1 is 1.20 bits per heavy atom. The van der Waals surface area contributed by atoms with Crippen LogP contribution in [0.2, 0.25) is 0 Å². The number of rotatable bonds is 0. The van der Waals surface area contributed by atoms with Gasteiger partial charge in [-0.1, -0.05) is 36.5 Å². The molecular formula is C14H14O. The lowest BCUT2D eigenvalue weighted by Gasteiger charge is -2.10. The van der Waals surface area contributed by atoms with Crippen LogP contribution in [0.15, 0.2) is 30.3 Å². The van der Waals surface area contributed by atoms with Gasteiger partial charge >= 0.3 is 0 Å². The molecule has 2 atom stereocenters. The van der Waals surface area contributed by atoms with Gasteiger partial charge in [-0.15, -0.1) is 0 Å². The zero-order valence-electron chi connectivity index (χ0n) is 8.70. The third kappa shape index (κ3) is 1.66. The Balaban J connectivity index is 1.79. The van der Waals surface area contributed by atoms with Gasteiger partial charge in [-0.3, -0.25) is 0 Å². The van der Waals surface area contributed by atoms with E-state index in [9.17, 15) is 0 Å². The van der Waals surface area contributed by atoms with Crippen molar-refractivity contribution in [2.75, 3.05) is 0 Å². The number of hydrogen-bond donors (Lipinski definition) is 0. The zero-order valence-corrected chi connectivity index (χ0v) is 8.70. The maximum atomic E-state index is 5.71. The summed E-state index contributed by atoms with van der Waals surface area (Å²) in [5, 5.41) is 0. The molecule has 15 heavy (non-hydrogen) atoms. The Morgan fingerprint density at radius 2 is 2.07 bits per heavy atom. The van der Waals surface area contributed by atoms with Gasteiger partial charge in [-0.2, -0.15) is 0 Å². The molecule has 1 aliphatic heterocycles. The molecule has 1 aromatic carbocycles. The molecule has 3 rings (SSSR count). The van der Waals surface area contributed by atoms with Crippen molar-refractivity contribution in [2.45, 2.75) is 37.4 Å².